The molecular weight excluding hydrogens is 478 g/mol. The van der Waals surface area contributed by atoms with Crippen LogP contribution in [0.5, 0.6) is 5.75 Å². The van der Waals surface area contributed by atoms with Crippen molar-refractivity contribution in [3.8, 4) is 5.75 Å². The molecule has 0 saturated carbocycles. The zero-order valence-electron chi connectivity index (χ0n) is 20.1. The number of benzene rings is 2. The molecule has 1 atom stereocenters. The van der Waals surface area contributed by atoms with Crippen molar-refractivity contribution < 1.29 is 22.7 Å². The lowest BCUT2D eigenvalue weighted by atomic mass is 10.1. The zero-order valence-corrected chi connectivity index (χ0v) is 21.7. The van der Waals surface area contributed by atoms with Crippen molar-refractivity contribution in [2.24, 2.45) is 5.92 Å². The molecule has 0 bridgehead atoms. The third kappa shape index (κ3) is 7.63. The number of nitrogens with zero attached hydrogens (tertiary/aromatic N) is 2. The third-order valence-electron chi connectivity index (χ3n) is 5.15. The lowest BCUT2D eigenvalue weighted by Gasteiger charge is -2.32. The van der Waals surface area contributed by atoms with Crippen molar-refractivity contribution in [3.05, 3.63) is 59.1 Å². The van der Waals surface area contributed by atoms with E-state index in [1.807, 2.05) is 13.8 Å². The van der Waals surface area contributed by atoms with E-state index >= 15 is 0 Å². The fourth-order valence-electron chi connectivity index (χ4n) is 3.25. The zero-order chi connectivity index (χ0) is 25.5. The van der Waals surface area contributed by atoms with E-state index in [-0.39, 0.29) is 24.1 Å². The van der Waals surface area contributed by atoms with Crippen molar-refractivity contribution in [1.82, 2.24) is 10.2 Å². The lowest BCUT2D eigenvalue weighted by Crippen LogP contribution is -2.51. The summed E-state index contributed by atoms with van der Waals surface area (Å²) in [6.45, 7) is 5.64. The monoisotopic (exact) mass is 509 g/mol. The van der Waals surface area contributed by atoms with Crippen LogP contribution in [0.3, 0.4) is 0 Å². The predicted octanol–water partition coefficient (Wildman–Crippen LogP) is 3.30. The molecule has 0 unspecified atom stereocenters. The van der Waals surface area contributed by atoms with E-state index in [0.29, 0.717) is 17.3 Å². The number of rotatable bonds is 11. The Bertz CT molecular complexity index is 1090. The van der Waals surface area contributed by atoms with E-state index in [9.17, 15) is 18.0 Å². The molecule has 0 heterocycles. The van der Waals surface area contributed by atoms with Crippen molar-refractivity contribution in [2.75, 3.05) is 30.8 Å². The molecule has 1 N–H and O–H groups in total. The molecule has 0 aliphatic heterocycles. The summed E-state index contributed by atoms with van der Waals surface area (Å²) in [4.78, 5) is 27.7. The first kappa shape index (κ1) is 27.5. The normalized spacial score (nSPS) is 12.2. The van der Waals surface area contributed by atoms with Gasteiger partial charge in [-0.05, 0) is 42.7 Å². The van der Waals surface area contributed by atoms with Gasteiger partial charge < -0.3 is 15.0 Å². The second-order valence-electron chi connectivity index (χ2n) is 8.40. The van der Waals surface area contributed by atoms with E-state index in [1.54, 1.807) is 55.5 Å². The Kier molecular flexibility index (Phi) is 9.76. The maximum absolute atomic E-state index is 13.5. The molecule has 0 aliphatic carbocycles. The van der Waals surface area contributed by atoms with Gasteiger partial charge >= 0.3 is 0 Å². The molecule has 2 aromatic carbocycles. The molecule has 0 radical (unpaired) electrons. The number of halogens is 1. The molecule has 0 aromatic heterocycles. The Morgan fingerprint density at radius 1 is 1.06 bits per heavy atom. The van der Waals surface area contributed by atoms with Crippen LogP contribution in [0.2, 0.25) is 5.02 Å². The number of nitrogens with one attached hydrogen (secondary N) is 1. The number of carbonyl (C=O) groups excluding carboxylic acids is 2. The highest BCUT2D eigenvalue weighted by Crippen LogP contribution is 2.29. The summed E-state index contributed by atoms with van der Waals surface area (Å²) in [6.07, 6.45) is 1.02. The molecule has 2 rings (SSSR count). The summed E-state index contributed by atoms with van der Waals surface area (Å²) in [5, 5.41) is 3.38. The fourth-order valence-corrected chi connectivity index (χ4v) is 4.23. The quantitative estimate of drug-likeness (QED) is 0.501. The van der Waals surface area contributed by atoms with Gasteiger partial charge in [-0.25, -0.2) is 8.42 Å². The molecule has 8 nitrogen and oxygen atoms in total. The van der Waals surface area contributed by atoms with Crippen LogP contribution in [-0.2, 0) is 26.2 Å². The molecule has 0 aliphatic rings. The van der Waals surface area contributed by atoms with Gasteiger partial charge in [-0.1, -0.05) is 49.7 Å². The highest BCUT2D eigenvalue weighted by molar-refractivity contribution is 7.92. The van der Waals surface area contributed by atoms with Crippen LogP contribution in [0.15, 0.2) is 48.5 Å². The molecule has 2 amide bonds. The first-order chi connectivity index (χ1) is 15.9. The molecule has 10 heteroatoms. The molecule has 0 spiro atoms. The van der Waals surface area contributed by atoms with Gasteiger partial charge in [0.15, 0.2) is 0 Å². The number of hydrogen-bond acceptors (Lipinski definition) is 5. The van der Waals surface area contributed by atoms with Crippen LogP contribution in [0.4, 0.5) is 5.69 Å². The van der Waals surface area contributed by atoms with Crippen LogP contribution in [-0.4, -0.2) is 57.6 Å². The molecule has 34 heavy (non-hydrogen) atoms. The highest BCUT2D eigenvalue weighted by Gasteiger charge is 2.31. The Balaban J connectivity index is 2.39. The minimum Gasteiger partial charge on any atom is -0.495 e. The summed E-state index contributed by atoms with van der Waals surface area (Å²) >= 11 is 5.98. The Labute approximate surface area is 206 Å². The van der Waals surface area contributed by atoms with Crippen molar-refractivity contribution in [1.29, 1.82) is 0 Å². The average Bonchev–Trinajstić information content (AvgIpc) is 2.79. The lowest BCUT2D eigenvalue weighted by molar-refractivity contribution is -0.139. The maximum Gasteiger partial charge on any atom is 0.244 e. The summed E-state index contributed by atoms with van der Waals surface area (Å²) in [5.74, 6) is -0.298. The highest BCUT2D eigenvalue weighted by atomic mass is 35.5. The Morgan fingerprint density at radius 2 is 1.68 bits per heavy atom. The Hall–Kier alpha value is -2.78. The topological polar surface area (TPSA) is 96.0 Å². The van der Waals surface area contributed by atoms with Crippen LogP contribution in [0, 0.1) is 5.92 Å². The van der Waals surface area contributed by atoms with Crippen LogP contribution in [0.25, 0.3) is 0 Å². The van der Waals surface area contributed by atoms with Gasteiger partial charge in [-0.15, -0.1) is 0 Å². The smallest absolute Gasteiger partial charge is 0.244 e. The van der Waals surface area contributed by atoms with Gasteiger partial charge in [0, 0.05) is 18.1 Å². The van der Waals surface area contributed by atoms with Gasteiger partial charge in [-0.2, -0.15) is 0 Å². The largest absolute Gasteiger partial charge is 0.495 e. The van der Waals surface area contributed by atoms with Gasteiger partial charge in [0.1, 0.15) is 18.3 Å². The van der Waals surface area contributed by atoms with Gasteiger partial charge in [0.2, 0.25) is 21.8 Å². The number of amides is 2. The third-order valence-corrected chi connectivity index (χ3v) is 6.53. The van der Waals surface area contributed by atoms with E-state index < -0.39 is 28.5 Å². The standard InChI is InChI=1S/C24H32ClN3O5S/c1-17(2)14-26-24(30)18(3)27(15-19-10-12-20(25)13-11-19)23(29)16-28(34(5,31)32)21-8-6-7-9-22(21)33-4/h6-13,17-18H,14-16H2,1-5H3,(H,26,30)/t18-/m1/s1. The Morgan fingerprint density at radius 3 is 2.24 bits per heavy atom. The van der Waals surface area contributed by atoms with E-state index in [4.69, 9.17) is 16.3 Å². The van der Waals surface area contributed by atoms with Crippen LogP contribution in [0.1, 0.15) is 26.3 Å². The fraction of sp³-hybridized carbons (Fsp3) is 0.417. The van der Waals surface area contributed by atoms with Crippen molar-refractivity contribution in [3.63, 3.8) is 0 Å². The second kappa shape index (κ2) is 12.1. The number of para-hydroxylation sites is 2. The minimum absolute atomic E-state index is 0.107. The van der Waals surface area contributed by atoms with Crippen LogP contribution < -0.4 is 14.4 Å². The number of sulfonamides is 1. The second-order valence-corrected chi connectivity index (χ2v) is 10.7. The van der Waals surface area contributed by atoms with Gasteiger partial charge in [0.05, 0.1) is 19.1 Å². The number of carbonyl (C=O) groups is 2. The maximum atomic E-state index is 13.5. The summed E-state index contributed by atoms with van der Waals surface area (Å²) in [5.41, 5.74) is 0.994. The first-order valence-electron chi connectivity index (χ1n) is 10.9. The predicted molar refractivity (Wildman–Crippen MR) is 134 cm³/mol. The molecule has 0 saturated heterocycles. The molecule has 2 aromatic rings. The number of anilines is 1. The van der Waals surface area contributed by atoms with E-state index in [2.05, 4.69) is 5.32 Å². The summed E-state index contributed by atoms with van der Waals surface area (Å²) < 4.78 is 31.6. The summed E-state index contributed by atoms with van der Waals surface area (Å²) in [6, 6.07) is 12.6. The molecule has 186 valence electrons. The van der Waals surface area contributed by atoms with E-state index in [0.717, 1.165) is 16.1 Å². The van der Waals surface area contributed by atoms with Gasteiger partial charge in [0.25, 0.3) is 0 Å². The molecule has 0 fully saturated rings. The van der Waals surface area contributed by atoms with Gasteiger partial charge in [-0.3, -0.25) is 13.9 Å². The minimum atomic E-state index is -3.84. The van der Waals surface area contributed by atoms with E-state index in [1.165, 1.54) is 12.0 Å². The number of methoxy groups -OCH3 is 1. The average molecular weight is 510 g/mol. The first-order valence-corrected chi connectivity index (χ1v) is 13.1. The summed E-state index contributed by atoms with van der Waals surface area (Å²) in [7, 11) is -2.41. The number of hydrogen-bond donors (Lipinski definition) is 1. The van der Waals surface area contributed by atoms with Crippen molar-refractivity contribution in [2.45, 2.75) is 33.4 Å². The number of ether oxygens (including phenoxy) is 1. The van der Waals surface area contributed by atoms with Crippen molar-refractivity contribution >= 4 is 39.1 Å². The molecular formula is C24H32ClN3O5S. The SMILES string of the molecule is COc1ccccc1N(CC(=O)N(Cc1ccc(Cl)cc1)[C@H](C)C(=O)NCC(C)C)S(C)(=O)=O. The van der Waals surface area contributed by atoms with Crippen LogP contribution >= 0.6 is 11.6 Å².